The quantitative estimate of drug-likeness (QED) is 0.588. The smallest absolute Gasteiger partial charge is 0.408 e. The molecule has 8 nitrogen and oxygen atoms in total. The van der Waals surface area contributed by atoms with E-state index in [4.69, 9.17) is 16.3 Å². The van der Waals surface area contributed by atoms with Gasteiger partial charge in [0.05, 0.1) is 17.0 Å². The van der Waals surface area contributed by atoms with E-state index in [0.717, 1.165) is 25.0 Å². The van der Waals surface area contributed by atoms with Crippen LogP contribution in [0.4, 0.5) is 19.3 Å². The van der Waals surface area contributed by atoms with Crippen molar-refractivity contribution in [3.8, 4) is 6.07 Å². The van der Waals surface area contributed by atoms with Gasteiger partial charge in [-0.15, -0.1) is 0 Å². The molecular weight excluding hydrogens is 506 g/mol. The number of amides is 3. The van der Waals surface area contributed by atoms with Gasteiger partial charge < -0.3 is 20.3 Å². The van der Waals surface area contributed by atoms with E-state index in [9.17, 15) is 28.4 Å². The lowest BCUT2D eigenvalue weighted by Crippen LogP contribution is -2.51. The highest BCUT2D eigenvalue weighted by atomic mass is 35.5. The molecule has 1 unspecified atom stereocenters. The topological polar surface area (TPSA) is 112 Å². The summed E-state index contributed by atoms with van der Waals surface area (Å²) < 4.78 is 32.8. The number of carbonyl (C=O) groups excluding carboxylic acids is 3. The summed E-state index contributed by atoms with van der Waals surface area (Å²) in [6.07, 6.45) is 1.17. The standard InChI is InChI=1S/C26H23ClF2N4O4/c27-15-6-7-21-18(9-15)26(24(35)31-21)10-16(11-30)33(13-26)23(34)22(8-14-4-5-14)32-25(36)37-12-17-19(28)2-1-3-20(17)29/h1-3,6-7,9,14,16,22H,4-5,8,10,12-13H2,(H,31,35)(H,32,36)/t16?,22-,26-/m0/s1. The van der Waals surface area contributed by atoms with Crippen LogP contribution in [0.3, 0.4) is 0 Å². The second kappa shape index (κ2) is 9.63. The van der Waals surface area contributed by atoms with Crippen molar-refractivity contribution >= 4 is 35.2 Å². The Bertz CT molecular complexity index is 1310. The van der Waals surface area contributed by atoms with E-state index in [0.29, 0.717) is 22.7 Å². The van der Waals surface area contributed by atoms with Crippen molar-refractivity contribution in [2.24, 2.45) is 5.92 Å². The lowest BCUT2D eigenvalue weighted by molar-refractivity contribution is -0.134. The van der Waals surface area contributed by atoms with Crippen LogP contribution in [-0.4, -0.2) is 41.4 Å². The summed E-state index contributed by atoms with van der Waals surface area (Å²) in [5.41, 5.74) is -0.336. The minimum Gasteiger partial charge on any atom is -0.444 e. The minimum atomic E-state index is -1.14. The first-order valence-corrected chi connectivity index (χ1v) is 12.3. The van der Waals surface area contributed by atoms with E-state index in [1.54, 1.807) is 18.2 Å². The van der Waals surface area contributed by atoms with Crippen molar-refractivity contribution in [2.45, 2.75) is 49.8 Å². The van der Waals surface area contributed by atoms with Crippen LogP contribution in [0.25, 0.3) is 0 Å². The van der Waals surface area contributed by atoms with Gasteiger partial charge in [0.2, 0.25) is 11.8 Å². The number of fused-ring (bicyclic) bond motifs is 2. The minimum absolute atomic E-state index is 0.0540. The Morgan fingerprint density at radius 2 is 2.00 bits per heavy atom. The molecule has 2 N–H and O–H groups in total. The van der Waals surface area contributed by atoms with Crippen LogP contribution >= 0.6 is 11.6 Å². The molecule has 1 spiro atoms. The molecule has 2 aliphatic heterocycles. The molecule has 2 aromatic carbocycles. The average Bonchev–Trinajstić information content (AvgIpc) is 3.53. The molecular formula is C26H23ClF2N4O4. The zero-order valence-corrected chi connectivity index (χ0v) is 20.4. The largest absolute Gasteiger partial charge is 0.444 e. The Morgan fingerprint density at radius 1 is 1.27 bits per heavy atom. The predicted octanol–water partition coefficient (Wildman–Crippen LogP) is 4.03. The Hall–Kier alpha value is -3.71. The first-order chi connectivity index (χ1) is 17.7. The van der Waals surface area contributed by atoms with Gasteiger partial charge in [0.1, 0.15) is 30.3 Å². The van der Waals surface area contributed by atoms with Gasteiger partial charge in [0.15, 0.2) is 0 Å². The zero-order chi connectivity index (χ0) is 26.3. The van der Waals surface area contributed by atoms with Gasteiger partial charge in [-0.1, -0.05) is 30.5 Å². The highest BCUT2D eigenvalue weighted by Crippen LogP contribution is 2.47. The molecule has 2 fully saturated rings. The third-order valence-corrected chi connectivity index (χ3v) is 7.47. The summed E-state index contributed by atoms with van der Waals surface area (Å²) in [7, 11) is 0. The van der Waals surface area contributed by atoms with Crippen molar-refractivity contribution in [3.05, 3.63) is 64.2 Å². The molecule has 1 saturated heterocycles. The number of nitrogens with one attached hydrogen (secondary N) is 2. The molecule has 0 bridgehead atoms. The molecule has 5 rings (SSSR count). The predicted molar refractivity (Wildman–Crippen MR) is 128 cm³/mol. The highest BCUT2D eigenvalue weighted by molar-refractivity contribution is 6.31. The van der Waals surface area contributed by atoms with Gasteiger partial charge in [0, 0.05) is 23.7 Å². The maximum absolute atomic E-state index is 13.9. The Balaban J connectivity index is 1.34. The number of nitrogens with zero attached hydrogens (tertiary/aromatic N) is 2. The molecule has 11 heteroatoms. The normalized spacial score (nSPS) is 22.8. The number of rotatable bonds is 6. The van der Waals surface area contributed by atoms with Gasteiger partial charge >= 0.3 is 6.09 Å². The van der Waals surface area contributed by atoms with Crippen LogP contribution in [0, 0.1) is 28.9 Å². The van der Waals surface area contributed by atoms with Gasteiger partial charge in [-0.3, -0.25) is 9.59 Å². The fourth-order valence-corrected chi connectivity index (χ4v) is 5.27. The maximum Gasteiger partial charge on any atom is 0.408 e. The van der Waals surface area contributed by atoms with Crippen molar-refractivity contribution in [1.82, 2.24) is 10.2 Å². The van der Waals surface area contributed by atoms with Crippen LogP contribution in [0.15, 0.2) is 36.4 Å². The number of likely N-dealkylation sites (tertiary alicyclic amines) is 1. The van der Waals surface area contributed by atoms with E-state index in [2.05, 4.69) is 16.7 Å². The molecule has 0 aromatic heterocycles. The number of anilines is 1. The fourth-order valence-electron chi connectivity index (χ4n) is 5.10. The molecule has 1 saturated carbocycles. The number of alkyl carbamates (subject to hydrolysis) is 1. The molecule has 3 aliphatic rings. The van der Waals surface area contributed by atoms with Crippen molar-refractivity contribution in [3.63, 3.8) is 0 Å². The third-order valence-electron chi connectivity index (χ3n) is 7.24. The van der Waals surface area contributed by atoms with E-state index in [1.807, 2.05) is 0 Å². The van der Waals surface area contributed by atoms with Crippen molar-refractivity contribution in [1.29, 1.82) is 5.26 Å². The van der Waals surface area contributed by atoms with Crippen LogP contribution in [0.5, 0.6) is 0 Å². The highest BCUT2D eigenvalue weighted by Gasteiger charge is 2.56. The first-order valence-electron chi connectivity index (χ1n) is 11.9. The summed E-state index contributed by atoms with van der Waals surface area (Å²) >= 11 is 6.17. The number of hydrogen-bond donors (Lipinski definition) is 2. The first kappa shape index (κ1) is 25.0. The fraction of sp³-hybridized carbons (Fsp3) is 0.385. The number of ether oxygens (including phenoxy) is 1. The average molecular weight is 529 g/mol. The third kappa shape index (κ3) is 4.71. The molecule has 0 radical (unpaired) electrons. The maximum atomic E-state index is 13.9. The van der Waals surface area contributed by atoms with Gasteiger partial charge in [-0.05, 0) is 48.2 Å². The van der Waals surface area contributed by atoms with Crippen LogP contribution < -0.4 is 10.6 Å². The molecule has 3 amide bonds. The second-order valence-corrected chi connectivity index (χ2v) is 10.1. The molecule has 2 aromatic rings. The molecule has 1 aliphatic carbocycles. The summed E-state index contributed by atoms with van der Waals surface area (Å²) in [5.74, 6) is -2.34. The summed E-state index contributed by atoms with van der Waals surface area (Å²) in [6, 6.07) is 8.47. The van der Waals surface area contributed by atoms with Crippen molar-refractivity contribution < 1.29 is 27.9 Å². The van der Waals surface area contributed by atoms with E-state index in [-0.39, 0.29) is 24.8 Å². The van der Waals surface area contributed by atoms with Gasteiger partial charge in [0.25, 0.3) is 0 Å². The monoisotopic (exact) mass is 528 g/mol. The summed E-state index contributed by atoms with van der Waals surface area (Å²) in [5, 5.41) is 15.6. The lowest BCUT2D eigenvalue weighted by Gasteiger charge is -2.27. The van der Waals surface area contributed by atoms with E-state index < -0.39 is 53.3 Å². The van der Waals surface area contributed by atoms with E-state index in [1.165, 1.54) is 11.0 Å². The Labute approximate surface area is 216 Å². The second-order valence-electron chi connectivity index (χ2n) is 9.69. The Kier molecular flexibility index (Phi) is 6.50. The van der Waals surface area contributed by atoms with Crippen LogP contribution in [0.1, 0.15) is 36.8 Å². The number of nitriles is 1. The molecule has 192 valence electrons. The SMILES string of the molecule is N#CC1C[C@@]2(CN1C(=O)[C@H](CC1CC1)NC(=O)OCc1c(F)cccc1F)C(=O)Nc1ccc(Cl)cc12. The number of benzene rings is 2. The van der Waals surface area contributed by atoms with Crippen molar-refractivity contribution in [2.75, 3.05) is 11.9 Å². The zero-order valence-electron chi connectivity index (χ0n) is 19.6. The number of hydrogen-bond acceptors (Lipinski definition) is 5. The van der Waals surface area contributed by atoms with Crippen LogP contribution in [0.2, 0.25) is 5.02 Å². The Morgan fingerprint density at radius 3 is 2.68 bits per heavy atom. The van der Waals surface area contributed by atoms with Gasteiger partial charge in [-0.25, -0.2) is 13.6 Å². The lowest BCUT2D eigenvalue weighted by atomic mass is 9.80. The molecule has 2 heterocycles. The number of halogens is 3. The number of carbonyl (C=O) groups is 3. The summed E-state index contributed by atoms with van der Waals surface area (Å²) in [4.78, 5) is 40.6. The van der Waals surface area contributed by atoms with Gasteiger partial charge in [-0.2, -0.15) is 5.26 Å². The summed E-state index contributed by atoms with van der Waals surface area (Å²) in [6.45, 7) is -0.707. The molecule has 3 atom stereocenters. The molecule has 37 heavy (non-hydrogen) atoms. The van der Waals surface area contributed by atoms with E-state index >= 15 is 0 Å². The van der Waals surface area contributed by atoms with Crippen LogP contribution in [-0.2, 0) is 26.3 Å².